The second-order valence-corrected chi connectivity index (χ2v) is 4.83. The molecule has 1 unspecified atom stereocenters. The molecule has 1 aromatic carbocycles. The van der Waals surface area contributed by atoms with E-state index in [0.29, 0.717) is 10.6 Å². The van der Waals surface area contributed by atoms with Crippen LogP contribution in [0.2, 0.25) is 5.02 Å². The van der Waals surface area contributed by atoms with E-state index in [1.54, 1.807) is 24.3 Å². The first-order valence-electron chi connectivity index (χ1n) is 6.09. The molecule has 0 fully saturated rings. The highest BCUT2D eigenvalue weighted by Gasteiger charge is 2.28. The van der Waals surface area contributed by atoms with Crippen LogP contribution < -0.4 is 5.32 Å². The summed E-state index contributed by atoms with van der Waals surface area (Å²) in [5.41, 5.74) is -0.104. The number of rotatable bonds is 4. The van der Waals surface area contributed by atoms with Crippen molar-refractivity contribution in [1.29, 1.82) is 5.26 Å². The summed E-state index contributed by atoms with van der Waals surface area (Å²) < 4.78 is 0. The molecule has 0 spiro atoms. The van der Waals surface area contributed by atoms with E-state index in [4.69, 9.17) is 16.9 Å². The molecule has 1 atom stereocenters. The quantitative estimate of drug-likeness (QED) is 0.660. The van der Waals surface area contributed by atoms with Gasteiger partial charge in [0, 0.05) is 5.02 Å². The van der Waals surface area contributed by atoms with Crippen molar-refractivity contribution in [3.8, 4) is 6.07 Å². The van der Waals surface area contributed by atoms with Crippen molar-refractivity contribution in [2.75, 3.05) is 0 Å². The second kappa shape index (κ2) is 6.24. The molecule has 0 saturated carbocycles. The van der Waals surface area contributed by atoms with E-state index in [-0.39, 0.29) is 11.4 Å². The van der Waals surface area contributed by atoms with Crippen molar-refractivity contribution in [2.24, 2.45) is 0 Å². The lowest BCUT2D eigenvalue weighted by atomic mass is 10.1. The molecule has 0 aliphatic heterocycles. The Balaban J connectivity index is 2.26. The zero-order chi connectivity index (χ0) is 16.3. The monoisotopic (exact) mass is 319 g/mol. The topological polar surface area (TPSA) is 125 Å². The van der Waals surface area contributed by atoms with Crippen LogP contribution in [0, 0.1) is 28.4 Å². The summed E-state index contributed by atoms with van der Waals surface area (Å²) in [6, 6.07) is 7.26. The van der Waals surface area contributed by atoms with Crippen molar-refractivity contribution in [3.63, 3.8) is 0 Å². The molecule has 0 saturated heterocycles. The Morgan fingerprint density at radius 3 is 2.68 bits per heavy atom. The van der Waals surface area contributed by atoms with Crippen LogP contribution in [-0.4, -0.2) is 21.0 Å². The molecule has 0 aliphatic carbocycles. The van der Waals surface area contributed by atoms with Gasteiger partial charge < -0.3 is 5.32 Å². The third-order valence-corrected chi connectivity index (χ3v) is 3.17. The third kappa shape index (κ3) is 3.05. The fourth-order valence-electron chi connectivity index (χ4n) is 1.85. The van der Waals surface area contributed by atoms with E-state index in [0.717, 1.165) is 0 Å². The number of amides is 1. The molecule has 2 N–H and O–H groups in total. The van der Waals surface area contributed by atoms with E-state index in [1.807, 2.05) is 6.07 Å². The summed E-state index contributed by atoms with van der Waals surface area (Å²) in [7, 11) is 0. The Hall–Kier alpha value is -2.92. The van der Waals surface area contributed by atoms with Gasteiger partial charge in [0.25, 0.3) is 5.91 Å². The number of hydrogen-bond donors (Lipinski definition) is 2. The number of hydrogen-bond acceptors (Lipinski definition) is 5. The van der Waals surface area contributed by atoms with Crippen LogP contribution in [0.5, 0.6) is 0 Å². The highest BCUT2D eigenvalue weighted by atomic mass is 35.5. The normalized spacial score (nSPS) is 11.5. The molecule has 112 valence electrons. The van der Waals surface area contributed by atoms with Gasteiger partial charge in [-0.05, 0) is 24.6 Å². The summed E-state index contributed by atoms with van der Waals surface area (Å²) in [5.74, 6) is -0.808. The lowest BCUT2D eigenvalue weighted by Crippen LogP contribution is -2.28. The summed E-state index contributed by atoms with van der Waals surface area (Å²) in [6.45, 7) is 1.43. The number of halogens is 1. The van der Waals surface area contributed by atoms with E-state index >= 15 is 0 Å². The van der Waals surface area contributed by atoms with Crippen LogP contribution in [0.1, 0.15) is 27.8 Å². The van der Waals surface area contributed by atoms with Crippen molar-refractivity contribution in [2.45, 2.75) is 13.0 Å². The maximum Gasteiger partial charge on any atom is 0.322 e. The number of nitriles is 1. The van der Waals surface area contributed by atoms with Crippen LogP contribution in [-0.2, 0) is 0 Å². The molecule has 1 aromatic heterocycles. The average molecular weight is 320 g/mol. The summed E-state index contributed by atoms with van der Waals surface area (Å²) >= 11 is 5.76. The fourth-order valence-corrected chi connectivity index (χ4v) is 1.98. The number of carbonyl (C=O) groups is 1. The van der Waals surface area contributed by atoms with Crippen molar-refractivity contribution in [3.05, 3.63) is 56.4 Å². The lowest BCUT2D eigenvalue weighted by molar-refractivity contribution is -0.385. The number of H-pyrrole nitrogens is 1. The van der Waals surface area contributed by atoms with E-state index in [1.165, 1.54) is 6.92 Å². The number of aromatic amines is 1. The number of nitrogens with one attached hydrogen (secondary N) is 2. The van der Waals surface area contributed by atoms with Crippen LogP contribution in [0.25, 0.3) is 0 Å². The van der Waals surface area contributed by atoms with Gasteiger partial charge >= 0.3 is 5.69 Å². The Morgan fingerprint density at radius 2 is 2.14 bits per heavy atom. The predicted molar refractivity (Wildman–Crippen MR) is 77.3 cm³/mol. The Morgan fingerprint density at radius 1 is 1.50 bits per heavy atom. The number of nitro groups is 1. The number of nitrogens with zero attached hydrogens (tertiary/aromatic N) is 3. The zero-order valence-electron chi connectivity index (χ0n) is 11.3. The minimum Gasteiger partial charge on any atom is -0.331 e. The summed E-state index contributed by atoms with van der Waals surface area (Å²) in [6.07, 6.45) is 0. The maximum atomic E-state index is 12.1. The SMILES string of the molecule is Cc1[nH]nc(C(=O)NC(C#N)c2ccc(Cl)cc2)c1[N+](=O)[O-]. The van der Waals surface area contributed by atoms with Gasteiger partial charge in [-0.15, -0.1) is 0 Å². The molecule has 2 rings (SSSR count). The molecule has 0 radical (unpaired) electrons. The molecule has 1 amide bonds. The molecule has 9 heteroatoms. The molecular weight excluding hydrogens is 310 g/mol. The van der Waals surface area contributed by atoms with Crippen LogP contribution >= 0.6 is 11.6 Å². The zero-order valence-corrected chi connectivity index (χ0v) is 12.1. The van der Waals surface area contributed by atoms with Gasteiger partial charge in [-0.2, -0.15) is 10.4 Å². The van der Waals surface area contributed by atoms with Crippen LogP contribution in [0.3, 0.4) is 0 Å². The molecule has 22 heavy (non-hydrogen) atoms. The van der Waals surface area contributed by atoms with Gasteiger partial charge in [-0.25, -0.2) is 0 Å². The van der Waals surface area contributed by atoms with Crippen LogP contribution in [0.15, 0.2) is 24.3 Å². The van der Waals surface area contributed by atoms with E-state index in [9.17, 15) is 14.9 Å². The average Bonchev–Trinajstić information content (AvgIpc) is 2.87. The van der Waals surface area contributed by atoms with Crippen molar-refractivity contribution < 1.29 is 9.72 Å². The third-order valence-electron chi connectivity index (χ3n) is 2.92. The number of carbonyl (C=O) groups excluding carboxylic acids is 1. The van der Waals surface area contributed by atoms with Gasteiger partial charge in [0.2, 0.25) is 5.69 Å². The van der Waals surface area contributed by atoms with Crippen molar-refractivity contribution in [1.82, 2.24) is 15.5 Å². The Bertz CT molecular complexity index is 763. The summed E-state index contributed by atoms with van der Waals surface area (Å²) in [4.78, 5) is 22.4. The number of aromatic nitrogens is 2. The minimum atomic E-state index is -0.971. The van der Waals surface area contributed by atoms with Gasteiger partial charge in [0.15, 0.2) is 0 Å². The molecule has 2 aromatic rings. The van der Waals surface area contributed by atoms with Crippen LogP contribution in [0.4, 0.5) is 5.69 Å². The van der Waals surface area contributed by atoms with Gasteiger partial charge in [-0.3, -0.25) is 20.0 Å². The molecule has 8 nitrogen and oxygen atoms in total. The van der Waals surface area contributed by atoms with E-state index in [2.05, 4.69) is 15.5 Å². The number of benzene rings is 1. The molecule has 1 heterocycles. The Labute approximate surface area is 129 Å². The minimum absolute atomic E-state index is 0.162. The highest BCUT2D eigenvalue weighted by Crippen LogP contribution is 2.21. The smallest absolute Gasteiger partial charge is 0.322 e. The first kappa shape index (κ1) is 15.5. The van der Waals surface area contributed by atoms with Gasteiger partial charge in [0.1, 0.15) is 11.7 Å². The largest absolute Gasteiger partial charge is 0.331 e. The summed E-state index contributed by atoms with van der Waals surface area (Å²) in [5, 5.41) is 29.0. The second-order valence-electron chi connectivity index (χ2n) is 4.39. The van der Waals surface area contributed by atoms with Gasteiger partial charge in [0.05, 0.1) is 11.0 Å². The first-order valence-corrected chi connectivity index (χ1v) is 6.47. The van der Waals surface area contributed by atoms with Crippen molar-refractivity contribution >= 4 is 23.2 Å². The standard InChI is InChI=1S/C13H10ClN5O3/c1-7-12(19(21)22)11(18-17-7)13(20)16-10(6-15)8-2-4-9(14)5-3-8/h2-5,10H,1H3,(H,16,20)(H,17,18). The maximum absolute atomic E-state index is 12.1. The molecular formula is C13H10ClN5O3. The highest BCUT2D eigenvalue weighted by molar-refractivity contribution is 6.30. The fraction of sp³-hybridized carbons (Fsp3) is 0.154. The number of aryl methyl sites for hydroxylation is 1. The predicted octanol–water partition coefficient (Wildman–Crippen LogP) is 2.27. The first-order chi connectivity index (χ1) is 10.4. The van der Waals surface area contributed by atoms with Gasteiger partial charge in [-0.1, -0.05) is 23.7 Å². The molecule has 0 bridgehead atoms. The van der Waals surface area contributed by atoms with E-state index < -0.39 is 22.6 Å². The molecule has 0 aliphatic rings. The lowest BCUT2D eigenvalue weighted by Gasteiger charge is -2.10. The Kier molecular flexibility index (Phi) is 4.39.